The zero-order chi connectivity index (χ0) is 20.6. The molecular formula is C22H25NO5S. The molecule has 2 aromatic rings. The van der Waals surface area contributed by atoms with Crippen LogP contribution in [0.25, 0.3) is 0 Å². The molecule has 6 nitrogen and oxygen atoms in total. The van der Waals surface area contributed by atoms with E-state index >= 15 is 0 Å². The first-order chi connectivity index (χ1) is 14.1. The van der Waals surface area contributed by atoms with Crippen molar-refractivity contribution in [2.75, 3.05) is 37.5 Å². The molecule has 0 N–H and O–H groups in total. The molecule has 2 aromatic carbocycles. The second-order valence-corrected chi connectivity index (χ2v) is 7.64. The Bertz CT molecular complexity index is 870. The van der Waals surface area contributed by atoms with E-state index in [4.69, 9.17) is 14.2 Å². The number of rotatable bonds is 8. The maximum atomic E-state index is 12.6. The monoisotopic (exact) mass is 415 g/mol. The van der Waals surface area contributed by atoms with Crippen LogP contribution >= 0.6 is 11.8 Å². The minimum absolute atomic E-state index is 0.238. The Morgan fingerprint density at radius 3 is 2.76 bits per heavy atom. The maximum absolute atomic E-state index is 12.6. The van der Waals surface area contributed by atoms with Gasteiger partial charge in [0, 0.05) is 17.2 Å². The van der Waals surface area contributed by atoms with Crippen LogP contribution in [0.15, 0.2) is 47.4 Å². The molecule has 0 aromatic heterocycles. The standard InChI is InChI=1S/C22H25NO5S/c1-3-4-12-27-18-10-9-16(14-19(18)26-2)22(25)28-15-21(24)23-11-13-29-20-8-6-5-7-17(20)23/h5-10,14H,3-4,11-13,15H2,1-2H3. The van der Waals surface area contributed by atoms with Crippen LogP contribution in [0.5, 0.6) is 11.5 Å². The predicted molar refractivity (Wildman–Crippen MR) is 113 cm³/mol. The number of nitrogens with zero attached hydrogens (tertiary/aromatic N) is 1. The van der Waals surface area contributed by atoms with Crippen molar-refractivity contribution >= 4 is 29.3 Å². The van der Waals surface area contributed by atoms with E-state index in [9.17, 15) is 9.59 Å². The van der Waals surface area contributed by atoms with E-state index in [0.717, 1.165) is 29.2 Å². The summed E-state index contributed by atoms with van der Waals surface area (Å²) < 4.78 is 16.3. The van der Waals surface area contributed by atoms with Gasteiger partial charge in [-0.3, -0.25) is 4.79 Å². The summed E-state index contributed by atoms with van der Waals surface area (Å²) in [6.07, 6.45) is 1.97. The van der Waals surface area contributed by atoms with E-state index in [1.54, 1.807) is 34.9 Å². The summed E-state index contributed by atoms with van der Waals surface area (Å²) in [4.78, 5) is 27.8. The van der Waals surface area contributed by atoms with Crippen molar-refractivity contribution in [2.45, 2.75) is 24.7 Å². The van der Waals surface area contributed by atoms with Crippen molar-refractivity contribution in [1.82, 2.24) is 0 Å². The zero-order valence-corrected chi connectivity index (χ0v) is 17.5. The number of thioether (sulfide) groups is 1. The maximum Gasteiger partial charge on any atom is 0.338 e. The molecule has 0 saturated carbocycles. The molecule has 1 aliphatic heterocycles. The third-order valence-electron chi connectivity index (χ3n) is 4.51. The summed E-state index contributed by atoms with van der Waals surface area (Å²) in [5.74, 6) is 1.04. The van der Waals surface area contributed by atoms with Crippen LogP contribution in [-0.2, 0) is 9.53 Å². The largest absolute Gasteiger partial charge is 0.493 e. The van der Waals surface area contributed by atoms with E-state index in [1.165, 1.54) is 7.11 Å². The van der Waals surface area contributed by atoms with Crippen molar-refractivity contribution in [1.29, 1.82) is 0 Å². The molecule has 1 amide bonds. The Labute approximate surface area is 175 Å². The Kier molecular flexibility index (Phi) is 7.41. The topological polar surface area (TPSA) is 65.1 Å². The van der Waals surface area contributed by atoms with Gasteiger partial charge in [0.2, 0.25) is 0 Å². The van der Waals surface area contributed by atoms with Gasteiger partial charge < -0.3 is 19.1 Å². The van der Waals surface area contributed by atoms with Gasteiger partial charge in [-0.25, -0.2) is 4.79 Å². The van der Waals surface area contributed by atoms with Crippen molar-refractivity contribution in [2.24, 2.45) is 0 Å². The number of fused-ring (bicyclic) bond motifs is 1. The fourth-order valence-corrected chi connectivity index (χ4v) is 3.95. The number of hydrogen-bond acceptors (Lipinski definition) is 6. The molecule has 0 aliphatic carbocycles. The van der Waals surface area contributed by atoms with Gasteiger partial charge in [-0.1, -0.05) is 25.5 Å². The number of carbonyl (C=O) groups excluding carboxylic acids is 2. The first-order valence-electron chi connectivity index (χ1n) is 9.64. The van der Waals surface area contributed by atoms with Crippen LogP contribution in [0, 0.1) is 0 Å². The summed E-state index contributed by atoms with van der Waals surface area (Å²) in [6.45, 7) is 2.95. The summed E-state index contributed by atoms with van der Waals surface area (Å²) in [5.41, 5.74) is 1.17. The molecule has 154 valence electrons. The van der Waals surface area contributed by atoms with Crippen molar-refractivity contribution < 1.29 is 23.8 Å². The minimum atomic E-state index is -0.573. The normalized spacial score (nSPS) is 12.8. The van der Waals surface area contributed by atoms with E-state index in [0.29, 0.717) is 30.2 Å². The number of benzene rings is 2. The Morgan fingerprint density at radius 1 is 1.14 bits per heavy atom. The predicted octanol–water partition coefficient (Wildman–Crippen LogP) is 4.17. The number of esters is 1. The number of amides is 1. The highest BCUT2D eigenvalue weighted by Crippen LogP contribution is 2.34. The summed E-state index contributed by atoms with van der Waals surface area (Å²) in [6, 6.07) is 12.6. The number of unbranched alkanes of at least 4 members (excludes halogenated alkanes) is 1. The van der Waals surface area contributed by atoms with Gasteiger partial charge in [0.25, 0.3) is 5.91 Å². The lowest BCUT2D eigenvalue weighted by Crippen LogP contribution is -2.38. The van der Waals surface area contributed by atoms with Crippen LogP contribution in [0.2, 0.25) is 0 Å². The number of hydrogen-bond donors (Lipinski definition) is 0. The second-order valence-electron chi connectivity index (χ2n) is 6.51. The van der Waals surface area contributed by atoms with Crippen LogP contribution in [0.3, 0.4) is 0 Å². The molecule has 0 radical (unpaired) electrons. The highest BCUT2D eigenvalue weighted by molar-refractivity contribution is 7.99. The molecule has 0 atom stereocenters. The fourth-order valence-electron chi connectivity index (χ4n) is 2.96. The van der Waals surface area contributed by atoms with Gasteiger partial charge in [-0.2, -0.15) is 0 Å². The third kappa shape index (κ3) is 5.23. The minimum Gasteiger partial charge on any atom is -0.493 e. The Morgan fingerprint density at radius 2 is 1.97 bits per heavy atom. The highest BCUT2D eigenvalue weighted by Gasteiger charge is 2.24. The Hall–Kier alpha value is -2.67. The van der Waals surface area contributed by atoms with Crippen LogP contribution < -0.4 is 14.4 Å². The quantitative estimate of drug-likeness (QED) is 0.476. The molecule has 0 unspecified atom stereocenters. The van der Waals surface area contributed by atoms with Crippen molar-refractivity contribution in [3.05, 3.63) is 48.0 Å². The molecule has 7 heteroatoms. The lowest BCUT2D eigenvalue weighted by molar-refractivity contribution is -0.121. The molecule has 0 bridgehead atoms. The fraction of sp³-hybridized carbons (Fsp3) is 0.364. The zero-order valence-electron chi connectivity index (χ0n) is 16.7. The lowest BCUT2D eigenvalue weighted by Gasteiger charge is -2.28. The molecule has 0 fully saturated rings. The van der Waals surface area contributed by atoms with Gasteiger partial charge in [0.05, 0.1) is 25.0 Å². The average molecular weight is 416 g/mol. The van der Waals surface area contributed by atoms with Gasteiger partial charge >= 0.3 is 5.97 Å². The van der Waals surface area contributed by atoms with E-state index in [1.807, 2.05) is 24.3 Å². The van der Waals surface area contributed by atoms with Gasteiger partial charge in [-0.05, 0) is 36.8 Å². The van der Waals surface area contributed by atoms with Gasteiger partial charge in [0.15, 0.2) is 18.1 Å². The average Bonchev–Trinajstić information content (AvgIpc) is 2.77. The molecule has 1 aliphatic rings. The first kappa shape index (κ1) is 21.0. The summed E-state index contributed by atoms with van der Waals surface area (Å²) in [5, 5.41) is 0. The number of carbonyl (C=O) groups is 2. The SMILES string of the molecule is CCCCOc1ccc(C(=O)OCC(=O)N2CCSc3ccccc32)cc1OC. The first-order valence-corrected chi connectivity index (χ1v) is 10.6. The molecule has 0 spiro atoms. The number of anilines is 1. The van der Waals surface area contributed by atoms with Crippen LogP contribution in [0.4, 0.5) is 5.69 Å². The lowest BCUT2D eigenvalue weighted by atomic mass is 10.2. The van der Waals surface area contributed by atoms with Crippen molar-refractivity contribution in [3.63, 3.8) is 0 Å². The molecular weight excluding hydrogens is 390 g/mol. The number of ether oxygens (including phenoxy) is 3. The van der Waals surface area contributed by atoms with Crippen molar-refractivity contribution in [3.8, 4) is 11.5 Å². The van der Waals surface area contributed by atoms with Crippen LogP contribution in [-0.4, -0.2) is 44.5 Å². The molecule has 0 saturated heterocycles. The molecule has 3 rings (SSSR count). The smallest absolute Gasteiger partial charge is 0.338 e. The van der Waals surface area contributed by atoms with Crippen LogP contribution in [0.1, 0.15) is 30.1 Å². The van der Waals surface area contributed by atoms with E-state index < -0.39 is 5.97 Å². The van der Waals surface area contributed by atoms with E-state index in [2.05, 4.69) is 6.92 Å². The van der Waals surface area contributed by atoms with E-state index in [-0.39, 0.29) is 12.5 Å². The summed E-state index contributed by atoms with van der Waals surface area (Å²) >= 11 is 1.72. The molecule has 1 heterocycles. The second kappa shape index (κ2) is 10.2. The highest BCUT2D eigenvalue weighted by atomic mass is 32.2. The summed E-state index contributed by atoms with van der Waals surface area (Å²) in [7, 11) is 1.52. The van der Waals surface area contributed by atoms with Gasteiger partial charge in [-0.15, -0.1) is 11.8 Å². The van der Waals surface area contributed by atoms with Gasteiger partial charge in [0.1, 0.15) is 0 Å². The third-order valence-corrected chi connectivity index (χ3v) is 5.55. The molecule has 29 heavy (non-hydrogen) atoms. The number of methoxy groups -OCH3 is 1. The Balaban J connectivity index is 1.61. The number of para-hydroxylation sites is 1.